The molecule has 0 radical (unpaired) electrons. The first-order chi connectivity index (χ1) is 12.5. The molecule has 0 aromatic heterocycles. The molecule has 4 nitrogen and oxygen atoms in total. The van der Waals surface area contributed by atoms with Gasteiger partial charge in [0.25, 0.3) is 0 Å². The summed E-state index contributed by atoms with van der Waals surface area (Å²) in [6.07, 6.45) is 1.63. The Morgan fingerprint density at radius 1 is 1.15 bits per heavy atom. The van der Waals surface area contributed by atoms with Crippen molar-refractivity contribution in [3.63, 3.8) is 0 Å². The van der Waals surface area contributed by atoms with Gasteiger partial charge in [0.15, 0.2) is 0 Å². The molecule has 2 aromatic carbocycles. The highest BCUT2D eigenvalue weighted by molar-refractivity contribution is 5.97. The van der Waals surface area contributed by atoms with Gasteiger partial charge < -0.3 is 10.6 Å². The maximum Gasteiger partial charge on any atom is 0.323 e. The summed E-state index contributed by atoms with van der Waals surface area (Å²) >= 11 is 0. The fourth-order valence-electron chi connectivity index (χ4n) is 3.40. The molecule has 4 heteroatoms. The maximum absolute atomic E-state index is 12.6. The maximum atomic E-state index is 12.6. The average Bonchev–Trinajstić information content (AvgIpc) is 2.63. The summed E-state index contributed by atoms with van der Waals surface area (Å²) in [7, 11) is 0. The molecule has 1 aliphatic carbocycles. The lowest BCUT2D eigenvalue weighted by atomic mass is 9.69. The number of carbonyl (C=O) groups excluding carboxylic acids is 1. The van der Waals surface area contributed by atoms with E-state index < -0.39 is 0 Å². The monoisotopic (exact) mass is 345 g/mol. The highest BCUT2D eigenvalue weighted by Gasteiger charge is 2.36. The van der Waals surface area contributed by atoms with Crippen molar-refractivity contribution in [1.29, 1.82) is 5.26 Å². The Balaban J connectivity index is 1.95. The van der Waals surface area contributed by atoms with Crippen LogP contribution in [-0.4, -0.2) is 6.03 Å². The molecule has 1 unspecified atom stereocenters. The number of benzene rings is 2. The normalized spacial score (nSPS) is 18.7. The van der Waals surface area contributed by atoms with E-state index in [0.717, 1.165) is 35.2 Å². The summed E-state index contributed by atoms with van der Waals surface area (Å²) in [4.78, 5) is 12.6. The zero-order chi connectivity index (χ0) is 18.7. The molecule has 0 fully saturated rings. The first-order valence-corrected chi connectivity index (χ1v) is 8.84. The van der Waals surface area contributed by atoms with Crippen LogP contribution in [0.25, 0.3) is 5.70 Å². The minimum Gasteiger partial charge on any atom is -0.308 e. The number of rotatable bonds is 3. The van der Waals surface area contributed by atoms with Crippen molar-refractivity contribution in [2.75, 3.05) is 5.32 Å². The van der Waals surface area contributed by atoms with Crippen LogP contribution in [0.1, 0.15) is 37.0 Å². The lowest BCUT2D eigenvalue weighted by Crippen LogP contribution is -2.35. The zero-order valence-electron chi connectivity index (χ0n) is 15.4. The molecule has 0 saturated heterocycles. The average molecular weight is 345 g/mol. The van der Waals surface area contributed by atoms with Crippen molar-refractivity contribution in [3.05, 3.63) is 70.8 Å². The van der Waals surface area contributed by atoms with E-state index in [-0.39, 0.29) is 11.4 Å². The van der Waals surface area contributed by atoms with E-state index in [0.29, 0.717) is 11.3 Å². The second-order valence-electron chi connectivity index (χ2n) is 7.06. The Labute approximate surface area is 154 Å². The van der Waals surface area contributed by atoms with Gasteiger partial charge in [0.2, 0.25) is 0 Å². The Morgan fingerprint density at radius 2 is 1.85 bits per heavy atom. The SMILES string of the molecule is CCC1(C)Cc2ccccc2C(NC(=O)Nc2ccc(C)cc2)=C1C#N. The number of anilines is 1. The summed E-state index contributed by atoms with van der Waals surface area (Å²) in [6, 6.07) is 17.6. The molecule has 0 saturated carbocycles. The van der Waals surface area contributed by atoms with Crippen LogP contribution in [0, 0.1) is 23.7 Å². The van der Waals surface area contributed by atoms with Gasteiger partial charge in [-0.25, -0.2) is 4.79 Å². The fourth-order valence-corrected chi connectivity index (χ4v) is 3.40. The number of nitrogens with one attached hydrogen (secondary N) is 2. The third kappa shape index (κ3) is 3.34. The topological polar surface area (TPSA) is 64.9 Å². The standard InChI is InChI=1S/C22H23N3O/c1-4-22(3)13-16-7-5-6-8-18(16)20(19(22)14-23)25-21(26)24-17-11-9-15(2)10-12-17/h5-12H,4,13H2,1-3H3,(H2,24,25,26). The molecular weight excluding hydrogens is 322 g/mol. The molecule has 2 amide bonds. The first kappa shape index (κ1) is 17.8. The van der Waals surface area contributed by atoms with Crippen LogP contribution >= 0.6 is 0 Å². The van der Waals surface area contributed by atoms with E-state index in [2.05, 4.69) is 36.6 Å². The number of aryl methyl sites for hydroxylation is 1. The van der Waals surface area contributed by atoms with E-state index >= 15 is 0 Å². The van der Waals surface area contributed by atoms with Crippen molar-refractivity contribution in [1.82, 2.24) is 5.32 Å². The number of amides is 2. The number of urea groups is 1. The number of nitriles is 1. The Hall–Kier alpha value is -3.06. The summed E-state index contributed by atoms with van der Waals surface area (Å²) in [5.74, 6) is 0. The molecule has 132 valence electrons. The highest BCUT2D eigenvalue weighted by Crippen LogP contribution is 2.43. The number of nitrogens with zero attached hydrogens (tertiary/aromatic N) is 1. The summed E-state index contributed by atoms with van der Waals surface area (Å²) in [6.45, 7) is 6.16. The number of allylic oxidation sites excluding steroid dienone is 1. The Bertz CT molecular complexity index is 906. The van der Waals surface area contributed by atoms with Gasteiger partial charge in [0.1, 0.15) is 0 Å². The molecule has 0 aliphatic heterocycles. The van der Waals surface area contributed by atoms with Crippen molar-refractivity contribution >= 4 is 17.4 Å². The lowest BCUT2D eigenvalue weighted by molar-refractivity contribution is 0.255. The van der Waals surface area contributed by atoms with Crippen LogP contribution in [0.3, 0.4) is 0 Å². The van der Waals surface area contributed by atoms with Crippen molar-refractivity contribution in [2.45, 2.75) is 33.6 Å². The smallest absolute Gasteiger partial charge is 0.308 e. The number of carbonyl (C=O) groups is 1. The Morgan fingerprint density at radius 3 is 2.50 bits per heavy atom. The second-order valence-corrected chi connectivity index (χ2v) is 7.06. The van der Waals surface area contributed by atoms with Gasteiger partial charge in [-0.15, -0.1) is 0 Å². The molecular formula is C22H23N3O. The first-order valence-electron chi connectivity index (χ1n) is 8.84. The van der Waals surface area contributed by atoms with E-state index in [9.17, 15) is 10.1 Å². The van der Waals surface area contributed by atoms with Crippen molar-refractivity contribution < 1.29 is 4.79 Å². The molecule has 0 bridgehead atoms. The largest absolute Gasteiger partial charge is 0.323 e. The van der Waals surface area contributed by atoms with E-state index in [4.69, 9.17) is 0 Å². The van der Waals surface area contributed by atoms with Crippen LogP contribution in [0.5, 0.6) is 0 Å². The van der Waals surface area contributed by atoms with Gasteiger partial charge in [0.05, 0.1) is 17.3 Å². The predicted molar refractivity (Wildman–Crippen MR) is 104 cm³/mol. The van der Waals surface area contributed by atoms with Crippen LogP contribution in [0.4, 0.5) is 10.5 Å². The summed E-state index contributed by atoms with van der Waals surface area (Å²) in [5.41, 5.74) is 4.90. The molecule has 3 rings (SSSR count). The molecule has 0 spiro atoms. The second kappa shape index (κ2) is 7.05. The third-order valence-corrected chi connectivity index (χ3v) is 5.16. The highest BCUT2D eigenvalue weighted by atomic mass is 16.2. The molecule has 1 aliphatic rings. The predicted octanol–water partition coefficient (Wildman–Crippen LogP) is 5.02. The summed E-state index contributed by atoms with van der Waals surface area (Å²) < 4.78 is 0. The fraction of sp³-hybridized carbons (Fsp3) is 0.273. The van der Waals surface area contributed by atoms with Gasteiger partial charge in [-0.05, 0) is 37.5 Å². The van der Waals surface area contributed by atoms with E-state index in [1.54, 1.807) is 0 Å². The van der Waals surface area contributed by atoms with E-state index in [1.165, 1.54) is 0 Å². The summed E-state index contributed by atoms with van der Waals surface area (Å²) in [5, 5.41) is 15.6. The third-order valence-electron chi connectivity index (χ3n) is 5.16. The van der Waals surface area contributed by atoms with E-state index in [1.807, 2.05) is 49.4 Å². The number of hydrogen-bond donors (Lipinski definition) is 2. The lowest BCUT2D eigenvalue weighted by Gasteiger charge is -2.35. The van der Waals surface area contributed by atoms with Gasteiger partial charge in [-0.3, -0.25) is 0 Å². The minimum atomic E-state index is -0.341. The van der Waals surface area contributed by atoms with Crippen molar-refractivity contribution in [3.8, 4) is 6.07 Å². The van der Waals surface area contributed by atoms with Crippen LogP contribution < -0.4 is 10.6 Å². The zero-order valence-corrected chi connectivity index (χ0v) is 15.4. The van der Waals surface area contributed by atoms with Gasteiger partial charge in [-0.2, -0.15) is 5.26 Å². The molecule has 26 heavy (non-hydrogen) atoms. The van der Waals surface area contributed by atoms with Crippen LogP contribution in [0.15, 0.2) is 54.1 Å². The van der Waals surface area contributed by atoms with Gasteiger partial charge >= 0.3 is 6.03 Å². The number of hydrogen-bond acceptors (Lipinski definition) is 2. The molecule has 2 N–H and O–H groups in total. The number of fused-ring (bicyclic) bond motifs is 1. The van der Waals surface area contributed by atoms with Gasteiger partial charge in [0, 0.05) is 16.7 Å². The molecule has 0 heterocycles. The quantitative estimate of drug-likeness (QED) is 0.820. The van der Waals surface area contributed by atoms with Gasteiger partial charge in [-0.1, -0.05) is 55.8 Å². The molecule has 2 aromatic rings. The van der Waals surface area contributed by atoms with Crippen LogP contribution in [-0.2, 0) is 6.42 Å². The molecule has 1 atom stereocenters. The minimum absolute atomic E-state index is 0.282. The van der Waals surface area contributed by atoms with Crippen LogP contribution in [0.2, 0.25) is 0 Å². The van der Waals surface area contributed by atoms with Crippen molar-refractivity contribution in [2.24, 2.45) is 5.41 Å². The Kier molecular flexibility index (Phi) is 4.81.